The van der Waals surface area contributed by atoms with Crippen LogP contribution in [0.15, 0.2) is 57.9 Å². The number of nitrogens with two attached hydrogens (primary N) is 1. The summed E-state index contributed by atoms with van der Waals surface area (Å²) >= 11 is 0. The van der Waals surface area contributed by atoms with Crippen molar-refractivity contribution in [3.63, 3.8) is 0 Å². The molecule has 1 heterocycles. The Morgan fingerprint density at radius 2 is 1.30 bits per heavy atom. The van der Waals surface area contributed by atoms with Gasteiger partial charge >= 0.3 is 42.4 Å². The van der Waals surface area contributed by atoms with Crippen molar-refractivity contribution in [1.82, 2.24) is 0 Å². The number of hydrogen-bond acceptors (Lipinski definition) is 9. The molecule has 0 radical (unpaired) electrons. The van der Waals surface area contributed by atoms with Gasteiger partial charge in [-0.2, -0.15) is 39.5 Å². The second-order valence-electron chi connectivity index (χ2n) is 11.0. The zero-order chi connectivity index (χ0) is 43.2. The van der Waals surface area contributed by atoms with E-state index in [1.165, 1.54) is 0 Å². The molecule has 0 saturated carbocycles. The van der Waals surface area contributed by atoms with Gasteiger partial charge in [0.15, 0.2) is 0 Å². The summed E-state index contributed by atoms with van der Waals surface area (Å²) in [5, 5.41) is 26.6. The van der Waals surface area contributed by atoms with Gasteiger partial charge in [0, 0.05) is 47.4 Å². The topological polar surface area (TPSA) is 202 Å². The number of aliphatic carboxylic acids is 3. The smallest absolute Gasteiger partial charge is 0.475 e. The van der Waals surface area contributed by atoms with E-state index in [2.05, 4.69) is 43.2 Å². The van der Waals surface area contributed by atoms with E-state index in [1.807, 2.05) is 43.3 Å². The maximum atomic E-state index is 13.1. The number of carboxylic acid groups (broad SMARTS) is 3. The van der Waals surface area contributed by atoms with Crippen LogP contribution in [-0.4, -0.2) is 84.0 Å². The molecule has 12 nitrogen and oxygen atoms in total. The summed E-state index contributed by atoms with van der Waals surface area (Å²) in [6, 6.07) is 15.9. The van der Waals surface area contributed by atoms with Crippen molar-refractivity contribution in [2.24, 2.45) is 10.7 Å². The Hall–Kier alpha value is -5.86. The number of hydrogen-bond donors (Lipinski definition) is 5. The van der Waals surface area contributed by atoms with Gasteiger partial charge in [-0.15, -0.1) is 0 Å². The number of nitrogens with one attached hydrogen (secondary N) is 1. The minimum absolute atomic E-state index is 0.293. The van der Waals surface area contributed by atoms with Crippen LogP contribution < -0.4 is 16.4 Å². The summed E-state index contributed by atoms with van der Waals surface area (Å²) in [4.78, 5) is 44.4. The molecule has 1 aliphatic heterocycles. The maximum Gasteiger partial charge on any atom is 0.490 e. The third-order valence-electron chi connectivity index (χ3n) is 6.80. The molecule has 0 fully saturated rings. The van der Waals surface area contributed by atoms with E-state index >= 15 is 0 Å². The van der Waals surface area contributed by atoms with Crippen LogP contribution in [-0.2, 0) is 19.1 Å². The van der Waals surface area contributed by atoms with E-state index in [-0.39, 0.29) is 5.97 Å². The number of rotatable bonds is 8. The van der Waals surface area contributed by atoms with Gasteiger partial charge < -0.3 is 35.5 Å². The Morgan fingerprint density at radius 1 is 0.786 bits per heavy atom. The Bertz CT molecular complexity index is 1970. The summed E-state index contributed by atoms with van der Waals surface area (Å²) in [5.74, 6) is -7.90. The first kappa shape index (κ1) is 48.2. The Morgan fingerprint density at radius 3 is 1.77 bits per heavy atom. The van der Waals surface area contributed by atoms with E-state index in [0.717, 1.165) is 62.1 Å². The highest BCUT2D eigenvalue weighted by Gasteiger charge is 2.39. The van der Waals surface area contributed by atoms with Crippen LogP contribution in [0.1, 0.15) is 41.8 Å². The summed E-state index contributed by atoms with van der Waals surface area (Å²) in [6.45, 7) is 10.5. The number of aryl methyl sites for hydroxylation is 2. The number of benzene rings is 3. The van der Waals surface area contributed by atoms with E-state index in [4.69, 9.17) is 44.6 Å². The molecule has 2 aliphatic rings. The number of anilines is 1. The molecule has 0 amide bonds. The Labute approximate surface area is 311 Å². The first-order valence-corrected chi connectivity index (χ1v) is 15.9. The number of carboxylic acids is 3. The average molecular weight is 814 g/mol. The SMILES string of the molecule is CC/N=c1\cc2oc3cc(NCC)c(C)cc3c(-c3ccccc3C(=O)OCCCN)c-2cc1C.O=C(O)C(F)(F)F.O=C(O)C(F)(F)F.O=C(O)C(F)(F)F. The molecule has 0 unspecified atom stereocenters. The summed E-state index contributed by atoms with van der Waals surface area (Å²) < 4.78 is 107. The van der Waals surface area contributed by atoms with Crippen molar-refractivity contribution in [1.29, 1.82) is 0 Å². The zero-order valence-corrected chi connectivity index (χ0v) is 29.9. The van der Waals surface area contributed by atoms with Crippen LogP contribution in [0.25, 0.3) is 33.4 Å². The molecule has 0 aromatic heterocycles. The lowest BCUT2D eigenvalue weighted by Crippen LogP contribution is -2.21. The number of nitrogens with zero attached hydrogens (tertiary/aromatic N) is 1. The number of carbonyl (C=O) groups excluding carboxylic acids is 1. The Kier molecular flexibility index (Phi) is 17.8. The summed E-state index contributed by atoms with van der Waals surface area (Å²) in [5.41, 5.74) is 12.7. The zero-order valence-electron chi connectivity index (χ0n) is 29.9. The molecule has 21 heteroatoms. The monoisotopic (exact) mass is 813 g/mol. The van der Waals surface area contributed by atoms with E-state index in [9.17, 15) is 44.3 Å². The highest BCUT2D eigenvalue weighted by Crippen LogP contribution is 2.43. The number of ether oxygens (including phenoxy) is 1. The lowest BCUT2D eigenvalue weighted by atomic mass is 9.89. The van der Waals surface area contributed by atoms with Crippen molar-refractivity contribution in [3.8, 4) is 22.5 Å². The number of alkyl halides is 9. The number of esters is 1. The van der Waals surface area contributed by atoms with E-state index in [0.29, 0.717) is 31.7 Å². The van der Waals surface area contributed by atoms with E-state index in [1.54, 1.807) is 0 Å². The Balaban J connectivity index is 0.000000610. The van der Waals surface area contributed by atoms with Crippen molar-refractivity contribution >= 4 is 40.5 Å². The molecule has 0 spiro atoms. The third-order valence-corrected chi connectivity index (χ3v) is 6.80. The molecule has 0 atom stereocenters. The van der Waals surface area contributed by atoms with Gasteiger partial charge in [-0.1, -0.05) is 18.2 Å². The quantitative estimate of drug-likeness (QED) is 0.0508. The van der Waals surface area contributed by atoms with Gasteiger partial charge in [-0.25, -0.2) is 19.2 Å². The van der Waals surface area contributed by atoms with Crippen molar-refractivity contribution in [3.05, 3.63) is 70.6 Å². The van der Waals surface area contributed by atoms with Crippen molar-refractivity contribution < 1.29 is 83.2 Å². The lowest BCUT2D eigenvalue weighted by molar-refractivity contribution is -0.193. The average Bonchev–Trinajstić information content (AvgIpc) is 3.08. The minimum atomic E-state index is -5.08. The standard InChI is InChI=1S/C29H33N3O3.3C2HF3O2/c1-5-31-24-16-26-22(14-18(24)3)28(23-15-19(4)25(32-6-2)17-27(23)35-26)20-10-7-8-11-21(20)29(33)34-13-9-12-30;3*3-2(4,5)1(6)7/h7-8,10-11,14-17,31H,5-6,9,12-13,30H2,1-4H3;3*(H,6,7)/b32-25+;;;. The predicted molar refractivity (Wildman–Crippen MR) is 183 cm³/mol. The summed E-state index contributed by atoms with van der Waals surface area (Å²) in [6.07, 6.45) is -14.6. The van der Waals surface area contributed by atoms with Crippen molar-refractivity contribution in [2.75, 3.05) is 31.6 Å². The predicted octanol–water partition coefficient (Wildman–Crippen LogP) is 7.58. The second kappa shape index (κ2) is 20.7. The van der Waals surface area contributed by atoms with Gasteiger partial charge in [0.25, 0.3) is 0 Å². The van der Waals surface area contributed by atoms with Gasteiger partial charge in [0.05, 0.1) is 17.5 Å². The van der Waals surface area contributed by atoms with Crippen LogP contribution in [0.2, 0.25) is 0 Å². The molecule has 2 aromatic rings. The fourth-order valence-electron chi connectivity index (χ4n) is 4.41. The molecular formula is C35H36F9N3O9. The molecule has 0 bridgehead atoms. The van der Waals surface area contributed by atoms with Gasteiger partial charge in [0.2, 0.25) is 0 Å². The normalized spacial score (nSPS) is 11.6. The molecular weight excluding hydrogens is 777 g/mol. The third kappa shape index (κ3) is 14.4. The first-order chi connectivity index (χ1) is 25.8. The van der Waals surface area contributed by atoms with Gasteiger partial charge in [-0.3, -0.25) is 4.99 Å². The van der Waals surface area contributed by atoms with Crippen LogP contribution in [0.3, 0.4) is 0 Å². The summed E-state index contributed by atoms with van der Waals surface area (Å²) in [7, 11) is 0. The molecule has 308 valence electrons. The fraction of sp³-hybridized carbons (Fsp3) is 0.343. The second-order valence-corrected chi connectivity index (χ2v) is 11.0. The maximum absolute atomic E-state index is 13.1. The van der Waals surface area contributed by atoms with Crippen LogP contribution in [0, 0.1) is 13.8 Å². The van der Waals surface area contributed by atoms with Crippen LogP contribution in [0.5, 0.6) is 0 Å². The molecule has 0 saturated heterocycles. The highest BCUT2D eigenvalue weighted by atomic mass is 19.4. The van der Waals surface area contributed by atoms with E-state index < -0.39 is 36.4 Å². The molecule has 2 aromatic carbocycles. The largest absolute Gasteiger partial charge is 0.490 e. The number of halogens is 9. The molecule has 6 N–H and O–H groups in total. The lowest BCUT2D eigenvalue weighted by Gasteiger charge is -2.19. The molecule has 56 heavy (non-hydrogen) atoms. The number of carbonyl (C=O) groups is 4. The van der Waals surface area contributed by atoms with Crippen LogP contribution in [0.4, 0.5) is 45.2 Å². The molecule has 1 aliphatic carbocycles. The fourth-order valence-corrected chi connectivity index (χ4v) is 4.41. The highest BCUT2D eigenvalue weighted by molar-refractivity contribution is 6.08. The van der Waals surface area contributed by atoms with Gasteiger partial charge in [-0.05, 0) is 75.5 Å². The minimum Gasteiger partial charge on any atom is -0.475 e. The number of fused-ring (bicyclic) bond motifs is 2. The van der Waals surface area contributed by atoms with Crippen molar-refractivity contribution in [2.45, 2.75) is 52.6 Å². The van der Waals surface area contributed by atoms with Crippen LogP contribution >= 0.6 is 0 Å². The van der Waals surface area contributed by atoms with Gasteiger partial charge in [0.1, 0.15) is 11.3 Å². The first-order valence-electron chi connectivity index (χ1n) is 15.9. The molecule has 4 rings (SSSR count).